The third-order valence-corrected chi connectivity index (χ3v) is 7.06. The van der Waals surface area contributed by atoms with Gasteiger partial charge in [-0.05, 0) is 36.1 Å². The normalized spacial score (nSPS) is 16.9. The van der Waals surface area contributed by atoms with Gasteiger partial charge in [0.2, 0.25) is 17.7 Å². The summed E-state index contributed by atoms with van der Waals surface area (Å²) in [5.41, 5.74) is 8.19. The molecule has 3 amide bonds. The van der Waals surface area contributed by atoms with Gasteiger partial charge in [0.15, 0.2) is 0 Å². The summed E-state index contributed by atoms with van der Waals surface area (Å²) in [6, 6.07) is 11.1. The monoisotopic (exact) mass is 562 g/mol. The van der Waals surface area contributed by atoms with Crippen molar-refractivity contribution in [3.8, 4) is 5.75 Å². The molecular formula is C29H34N6O6. The fraction of sp³-hybridized carbons (Fsp3) is 0.345. The van der Waals surface area contributed by atoms with E-state index in [0.29, 0.717) is 24.1 Å². The molecule has 3 aromatic rings. The number of aromatic nitrogens is 2. The molecule has 1 aliphatic rings. The largest absolute Gasteiger partial charge is 0.508 e. The number of aromatic hydroxyl groups is 1. The number of benzene rings is 2. The van der Waals surface area contributed by atoms with Crippen LogP contribution in [-0.2, 0) is 38.4 Å². The lowest BCUT2D eigenvalue weighted by Gasteiger charge is -2.29. The minimum Gasteiger partial charge on any atom is -0.508 e. The molecule has 4 rings (SSSR count). The zero-order chi connectivity index (χ0) is 29.4. The van der Waals surface area contributed by atoms with Crippen LogP contribution >= 0.6 is 0 Å². The van der Waals surface area contributed by atoms with Gasteiger partial charge in [-0.15, -0.1) is 0 Å². The summed E-state index contributed by atoms with van der Waals surface area (Å²) in [5, 5.41) is 24.8. The van der Waals surface area contributed by atoms with E-state index < -0.39 is 47.9 Å². The van der Waals surface area contributed by atoms with Crippen molar-refractivity contribution < 1.29 is 29.4 Å². The van der Waals surface area contributed by atoms with Crippen molar-refractivity contribution in [1.29, 1.82) is 0 Å². The number of carbonyl (C=O) groups is 4. The Morgan fingerprint density at radius 2 is 1.61 bits per heavy atom. The SMILES string of the molecule is NC(Cc1cnc[nH]1)C(=O)NC(Cc1ccc(O)cc1)C(=O)NC(Cc1ccccc1)C(=O)N1CCCC1C(=O)O. The fourth-order valence-corrected chi connectivity index (χ4v) is 4.89. The van der Waals surface area contributed by atoms with Crippen LogP contribution in [0.5, 0.6) is 5.75 Å². The van der Waals surface area contributed by atoms with Crippen molar-refractivity contribution >= 4 is 23.7 Å². The Hall–Kier alpha value is -4.71. The molecule has 1 aromatic heterocycles. The number of hydrogen-bond donors (Lipinski definition) is 6. The minimum atomic E-state index is -1.11. The molecule has 216 valence electrons. The smallest absolute Gasteiger partial charge is 0.326 e. The zero-order valence-corrected chi connectivity index (χ0v) is 22.4. The van der Waals surface area contributed by atoms with Gasteiger partial charge in [-0.2, -0.15) is 0 Å². The lowest BCUT2D eigenvalue weighted by atomic mass is 10.0. The predicted octanol–water partition coefficient (Wildman–Crippen LogP) is 0.516. The molecule has 0 aliphatic carbocycles. The van der Waals surface area contributed by atoms with Gasteiger partial charge in [0.1, 0.15) is 23.9 Å². The van der Waals surface area contributed by atoms with E-state index in [0.717, 1.165) is 5.56 Å². The van der Waals surface area contributed by atoms with Crippen LogP contribution in [0.4, 0.5) is 0 Å². The summed E-state index contributed by atoms with van der Waals surface area (Å²) >= 11 is 0. The Bertz CT molecular complexity index is 1330. The van der Waals surface area contributed by atoms with Gasteiger partial charge >= 0.3 is 5.97 Å². The van der Waals surface area contributed by atoms with Crippen LogP contribution in [0.3, 0.4) is 0 Å². The van der Waals surface area contributed by atoms with Crippen LogP contribution in [0.15, 0.2) is 67.1 Å². The molecule has 0 saturated carbocycles. The quantitative estimate of drug-likeness (QED) is 0.184. The first kappa shape index (κ1) is 29.3. The second-order valence-electron chi connectivity index (χ2n) is 10.1. The Labute approximate surface area is 237 Å². The molecule has 41 heavy (non-hydrogen) atoms. The van der Waals surface area contributed by atoms with Gasteiger partial charge in [0.25, 0.3) is 0 Å². The number of carboxylic acids is 1. The second-order valence-corrected chi connectivity index (χ2v) is 10.1. The van der Waals surface area contributed by atoms with Crippen LogP contribution in [0.25, 0.3) is 0 Å². The number of nitrogens with one attached hydrogen (secondary N) is 3. The number of nitrogens with two attached hydrogens (primary N) is 1. The van der Waals surface area contributed by atoms with E-state index in [1.807, 2.05) is 30.3 Å². The van der Waals surface area contributed by atoms with E-state index in [2.05, 4.69) is 20.6 Å². The van der Waals surface area contributed by atoms with E-state index in [-0.39, 0.29) is 31.6 Å². The van der Waals surface area contributed by atoms with Gasteiger partial charge in [0.05, 0.1) is 12.4 Å². The number of amides is 3. The van der Waals surface area contributed by atoms with Crippen LogP contribution in [-0.4, -0.2) is 79.5 Å². The number of nitrogens with zero attached hydrogens (tertiary/aromatic N) is 2. The Morgan fingerprint density at radius 1 is 0.951 bits per heavy atom. The summed E-state index contributed by atoms with van der Waals surface area (Å²) in [7, 11) is 0. The topological polar surface area (TPSA) is 191 Å². The molecule has 2 heterocycles. The number of carboxylic acid groups (broad SMARTS) is 1. The average Bonchev–Trinajstić information content (AvgIpc) is 3.66. The number of phenols is 1. The number of imidazole rings is 1. The van der Waals surface area contributed by atoms with E-state index in [4.69, 9.17) is 5.73 Å². The molecule has 4 atom stereocenters. The van der Waals surface area contributed by atoms with Crippen LogP contribution in [0, 0.1) is 0 Å². The lowest BCUT2D eigenvalue weighted by molar-refractivity contribution is -0.149. The van der Waals surface area contributed by atoms with E-state index in [1.54, 1.807) is 18.3 Å². The van der Waals surface area contributed by atoms with E-state index >= 15 is 0 Å². The highest BCUT2D eigenvalue weighted by Crippen LogP contribution is 2.20. The molecule has 0 radical (unpaired) electrons. The second kappa shape index (κ2) is 13.6. The van der Waals surface area contributed by atoms with E-state index in [9.17, 15) is 29.4 Å². The molecule has 7 N–H and O–H groups in total. The van der Waals surface area contributed by atoms with Crippen molar-refractivity contribution in [3.63, 3.8) is 0 Å². The molecule has 2 aromatic carbocycles. The zero-order valence-electron chi connectivity index (χ0n) is 22.4. The van der Waals surface area contributed by atoms with Gasteiger partial charge in [-0.1, -0.05) is 42.5 Å². The van der Waals surface area contributed by atoms with Gasteiger partial charge in [0, 0.05) is 37.7 Å². The van der Waals surface area contributed by atoms with Crippen LogP contribution < -0.4 is 16.4 Å². The summed E-state index contributed by atoms with van der Waals surface area (Å²) < 4.78 is 0. The molecule has 1 fully saturated rings. The predicted molar refractivity (Wildman–Crippen MR) is 148 cm³/mol. The third kappa shape index (κ3) is 7.92. The number of aromatic amines is 1. The first-order valence-electron chi connectivity index (χ1n) is 13.4. The molecule has 1 saturated heterocycles. The highest BCUT2D eigenvalue weighted by atomic mass is 16.4. The number of rotatable bonds is 12. The highest BCUT2D eigenvalue weighted by molar-refractivity contribution is 5.94. The summed E-state index contributed by atoms with van der Waals surface area (Å²) in [6.45, 7) is 0.271. The Morgan fingerprint density at radius 3 is 2.27 bits per heavy atom. The first-order chi connectivity index (χ1) is 19.7. The van der Waals surface area contributed by atoms with Crippen molar-refractivity contribution in [2.45, 2.75) is 56.3 Å². The third-order valence-electron chi connectivity index (χ3n) is 7.06. The summed E-state index contributed by atoms with van der Waals surface area (Å²) in [6.07, 6.45) is 4.26. The maximum atomic E-state index is 13.7. The van der Waals surface area contributed by atoms with Crippen molar-refractivity contribution in [2.24, 2.45) is 5.73 Å². The highest BCUT2D eigenvalue weighted by Gasteiger charge is 2.38. The van der Waals surface area contributed by atoms with Crippen molar-refractivity contribution in [1.82, 2.24) is 25.5 Å². The summed E-state index contributed by atoms with van der Waals surface area (Å²) in [5.74, 6) is -2.75. The summed E-state index contributed by atoms with van der Waals surface area (Å²) in [4.78, 5) is 60.3. The number of hydrogen-bond acceptors (Lipinski definition) is 7. The maximum Gasteiger partial charge on any atom is 0.326 e. The van der Waals surface area contributed by atoms with Crippen molar-refractivity contribution in [3.05, 3.63) is 83.9 Å². The number of carbonyl (C=O) groups excluding carboxylic acids is 3. The number of likely N-dealkylation sites (tertiary alicyclic amines) is 1. The molecular weight excluding hydrogens is 528 g/mol. The van der Waals surface area contributed by atoms with Crippen LogP contribution in [0.1, 0.15) is 29.7 Å². The number of phenolic OH excluding ortho intramolecular Hbond substituents is 1. The standard InChI is InChI=1S/C29H34N6O6/c30-22(15-20-16-31-17-32-20)26(37)33-23(13-19-8-10-21(36)11-9-19)27(38)34-24(14-18-5-2-1-3-6-18)28(39)35-12-4-7-25(35)29(40)41/h1-3,5-6,8-11,16-17,22-25,36H,4,7,12-15,30H2,(H,31,32)(H,33,37)(H,34,38)(H,40,41). The first-order valence-corrected chi connectivity index (χ1v) is 13.4. The maximum absolute atomic E-state index is 13.7. The Balaban J connectivity index is 1.56. The van der Waals surface area contributed by atoms with Gasteiger partial charge in [-0.3, -0.25) is 14.4 Å². The molecule has 12 heteroatoms. The average molecular weight is 563 g/mol. The molecule has 0 spiro atoms. The molecule has 0 bridgehead atoms. The van der Waals surface area contributed by atoms with Gasteiger partial charge in [-0.25, -0.2) is 9.78 Å². The van der Waals surface area contributed by atoms with Gasteiger partial charge < -0.3 is 36.5 Å². The Kier molecular flexibility index (Phi) is 9.69. The number of H-pyrrole nitrogens is 1. The molecule has 1 aliphatic heterocycles. The van der Waals surface area contributed by atoms with Crippen molar-refractivity contribution in [2.75, 3.05) is 6.54 Å². The van der Waals surface area contributed by atoms with Crippen LogP contribution in [0.2, 0.25) is 0 Å². The number of aliphatic carboxylic acids is 1. The molecule has 4 unspecified atom stereocenters. The van der Waals surface area contributed by atoms with E-state index in [1.165, 1.54) is 23.4 Å². The lowest BCUT2D eigenvalue weighted by Crippen LogP contribution is -2.58. The fourth-order valence-electron chi connectivity index (χ4n) is 4.89. The minimum absolute atomic E-state index is 0.0486. The molecule has 12 nitrogen and oxygen atoms in total.